The zero-order valence-electron chi connectivity index (χ0n) is 33.7. The quantitative estimate of drug-likeness (QED) is 0.0351. The molecule has 5 aromatic rings. The SMILES string of the molecule is Nc1ccc(C(=O)NS(=O)(=O)c2ccc(NCC3CCCN(CCCC#Cc4ccc5c(c4)C(=O)N(C4CCC(=O)NC4=O)C5=O)C3)c(N=O)c2)c(Oc2cnc3[nH]ccc3c2)c1. The van der Waals surface area contributed by atoms with Gasteiger partial charge in [0, 0.05) is 54.8 Å². The van der Waals surface area contributed by atoms with E-state index in [0.29, 0.717) is 35.6 Å². The lowest BCUT2D eigenvalue weighted by Crippen LogP contribution is -2.54. The fourth-order valence-electron chi connectivity index (χ4n) is 7.93. The number of nitrogens with two attached hydrogens (primary N) is 1. The maximum absolute atomic E-state index is 13.4. The number of hydrogen-bond acceptors (Lipinski definition) is 14. The molecule has 3 aromatic carbocycles. The van der Waals surface area contributed by atoms with E-state index in [-0.39, 0.29) is 57.5 Å². The van der Waals surface area contributed by atoms with E-state index < -0.39 is 45.6 Å². The number of nitrogen functional groups attached to an aromatic ring is 1. The number of carbonyl (C=O) groups is 5. The van der Waals surface area contributed by atoms with Crippen LogP contribution in [0.1, 0.15) is 75.2 Å². The molecule has 0 bridgehead atoms. The summed E-state index contributed by atoms with van der Waals surface area (Å²) in [6.07, 6.45) is 6.59. The summed E-state index contributed by atoms with van der Waals surface area (Å²) in [6, 6.07) is 15.3. The number of aromatic amines is 1. The van der Waals surface area contributed by atoms with Crippen LogP contribution in [0.2, 0.25) is 0 Å². The van der Waals surface area contributed by atoms with Gasteiger partial charge in [0.15, 0.2) is 0 Å². The third kappa shape index (κ3) is 9.27. The number of unbranched alkanes of at least 4 members (excludes halogenated alkanes) is 1. The van der Waals surface area contributed by atoms with Gasteiger partial charge in [0.05, 0.1) is 33.5 Å². The summed E-state index contributed by atoms with van der Waals surface area (Å²) < 4.78 is 34.8. The lowest BCUT2D eigenvalue weighted by molar-refractivity contribution is -0.136. The Balaban J connectivity index is 0.822. The second-order valence-electron chi connectivity index (χ2n) is 15.5. The first-order chi connectivity index (χ1) is 30.4. The highest BCUT2D eigenvalue weighted by Crippen LogP contribution is 2.32. The van der Waals surface area contributed by atoms with Crippen molar-refractivity contribution in [1.29, 1.82) is 0 Å². The second kappa shape index (κ2) is 17.9. The number of pyridine rings is 1. The number of nitrogens with zero attached hydrogens (tertiary/aromatic N) is 4. The second-order valence-corrected chi connectivity index (χ2v) is 17.1. The normalized spacial score (nSPS) is 17.7. The van der Waals surface area contributed by atoms with E-state index in [1.54, 1.807) is 36.5 Å². The Labute approximate surface area is 361 Å². The number of nitroso groups, excluding NO2 is 1. The molecule has 3 aliphatic heterocycles. The van der Waals surface area contributed by atoms with E-state index in [9.17, 15) is 37.3 Å². The molecular formula is C44H41N9O9S. The number of likely N-dealkylation sites (tertiary alicyclic amines) is 1. The van der Waals surface area contributed by atoms with E-state index in [2.05, 4.69) is 42.5 Å². The number of nitrogens with one attached hydrogen (secondary N) is 4. The molecule has 0 radical (unpaired) electrons. The first-order valence-corrected chi connectivity index (χ1v) is 21.7. The first kappa shape index (κ1) is 42.3. The number of hydrogen-bond donors (Lipinski definition) is 5. The van der Waals surface area contributed by atoms with Gasteiger partial charge in [0.1, 0.15) is 28.9 Å². The van der Waals surface area contributed by atoms with Crippen molar-refractivity contribution in [3.8, 4) is 23.3 Å². The summed E-state index contributed by atoms with van der Waals surface area (Å²) >= 11 is 0. The molecule has 2 aromatic heterocycles. The highest BCUT2D eigenvalue weighted by molar-refractivity contribution is 7.90. The molecule has 0 saturated carbocycles. The third-order valence-corrected chi connectivity index (χ3v) is 12.4. The van der Waals surface area contributed by atoms with Crippen LogP contribution in [0.5, 0.6) is 11.5 Å². The maximum atomic E-state index is 13.4. The highest BCUT2D eigenvalue weighted by atomic mass is 32.2. The number of anilines is 2. The van der Waals surface area contributed by atoms with Crippen LogP contribution in [0.25, 0.3) is 11.0 Å². The average Bonchev–Trinajstić information content (AvgIpc) is 3.83. The maximum Gasteiger partial charge on any atom is 0.268 e. The molecule has 19 heteroatoms. The van der Waals surface area contributed by atoms with E-state index >= 15 is 0 Å². The minimum atomic E-state index is -4.46. The topological polar surface area (TPSA) is 255 Å². The van der Waals surface area contributed by atoms with Gasteiger partial charge >= 0.3 is 0 Å². The van der Waals surface area contributed by atoms with Crippen molar-refractivity contribution in [1.82, 2.24) is 29.8 Å². The van der Waals surface area contributed by atoms with Crippen molar-refractivity contribution in [2.75, 3.05) is 37.2 Å². The predicted molar refractivity (Wildman–Crippen MR) is 230 cm³/mol. The molecule has 0 spiro atoms. The fraction of sp³-hybridized carbons (Fsp3) is 0.273. The Morgan fingerprint density at radius 1 is 1.00 bits per heavy atom. The molecule has 322 valence electrons. The van der Waals surface area contributed by atoms with Crippen molar-refractivity contribution in [3.05, 3.63) is 106 Å². The number of ether oxygens (including phenoxy) is 1. The summed E-state index contributed by atoms with van der Waals surface area (Å²) in [5, 5.41) is 9.27. The Morgan fingerprint density at radius 2 is 1.84 bits per heavy atom. The van der Waals surface area contributed by atoms with E-state index in [1.165, 1.54) is 36.5 Å². The van der Waals surface area contributed by atoms with Crippen LogP contribution in [0, 0.1) is 22.7 Å². The fourth-order valence-corrected chi connectivity index (χ4v) is 8.92. The molecule has 3 aliphatic rings. The van der Waals surface area contributed by atoms with Crippen LogP contribution in [-0.4, -0.2) is 89.9 Å². The van der Waals surface area contributed by atoms with Gasteiger partial charge in [-0.05, 0) is 111 Å². The molecule has 2 atom stereocenters. The lowest BCUT2D eigenvalue weighted by atomic mass is 9.97. The minimum Gasteiger partial charge on any atom is -0.455 e. The van der Waals surface area contributed by atoms with Crippen molar-refractivity contribution in [3.63, 3.8) is 0 Å². The van der Waals surface area contributed by atoms with Crippen LogP contribution in [-0.2, 0) is 19.6 Å². The largest absolute Gasteiger partial charge is 0.455 e. The highest BCUT2D eigenvalue weighted by Gasteiger charge is 2.44. The lowest BCUT2D eigenvalue weighted by Gasteiger charge is -2.33. The van der Waals surface area contributed by atoms with Gasteiger partial charge < -0.3 is 25.7 Å². The van der Waals surface area contributed by atoms with Crippen molar-refractivity contribution >= 4 is 67.7 Å². The zero-order chi connectivity index (χ0) is 44.3. The number of H-pyrrole nitrogens is 1. The van der Waals surface area contributed by atoms with Crippen LogP contribution in [0.4, 0.5) is 17.1 Å². The number of piperidine rings is 2. The summed E-state index contributed by atoms with van der Waals surface area (Å²) in [5.41, 5.74) is 7.95. The number of sulfonamides is 1. The molecule has 5 amide bonds. The van der Waals surface area contributed by atoms with Gasteiger partial charge in [-0.25, -0.2) is 18.1 Å². The summed E-state index contributed by atoms with van der Waals surface area (Å²) in [5.74, 6) is 3.55. The van der Waals surface area contributed by atoms with Gasteiger partial charge in [-0.3, -0.25) is 34.2 Å². The molecule has 2 fully saturated rings. The number of carbonyl (C=O) groups excluding carboxylic acids is 5. The molecule has 2 saturated heterocycles. The Kier molecular flexibility index (Phi) is 12.0. The monoisotopic (exact) mass is 871 g/mol. The van der Waals surface area contributed by atoms with E-state index in [1.807, 2.05) is 4.72 Å². The Hall–Kier alpha value is -7.43. The predicted octanol–water partition coefficient (Wildman–Crippen LogP) is 4.81. The molecule has 0 aliphatic carbocycles. The van der Waals surface area contributed by atoms with E-state index in [0.717, 1.165) is 55.2 Å². The van der Waals surface area contributed by atoms with Gasteiger partial charge in [-0.15, -0.1) is 4.91 Å². The molecule has 63 heavy (non-hydrogen) atoms. The van der Waals surface area contributed by atoms with Crippen LogP contribution in [0.3, 0.4) is 0 Å². The molecule has 6 N–H and O–H groups in total. The molecular weight excluding hydrogens is 831 g/mol. The average molecular weight is 872 g/mol. The number of aromatic nitrogens is 2. The Bertz CT molecular complexity index is 2870. The van der Waals surface area contributed by atoms with Crippen molar-refractivity contribution in [2.24, 2.45) is 11.1 Å². The van der Waals surface area contributed by atoms with Gasteiger partial charge in [0.25, 0.3) is 27.7 Å². The molecule has 8 rings (SSSR count). The van der Waals surface area contributed by atoms with Crippen LogP contribution >= 0.6 is 0 Å². The van der Waals surface area contributed by atoms with Crippen molar-refractivity contribution in [2.45, 2.75) is 49.5 Å². The molecule has 18 nitrogen and oxygen atoms in total. The van der Waals surface area contributed by atoms with E-state index in [4.69, 9.17) is 10.5 Å². The first-order valence-electron chi connectivity index (χ1n) is 20.2. The van der Waals surface area contributed by atoms with Gasteiger partial charge in [-0.1, -0.05) is 11.8 Å². The van der Waals surface area contributed by atoms with Crippen molar-refractivity contribution < 1.29 is 37.1 Å². The number of imide groups is 2. The smallest absolute Gasteiger partial charge is 0.268 e. The summed E-state index contributed by atoms with van der Waals surface area (Å²) in [6.45, 7) is 3.02. The number of rotatable bonds is 13. The standard InChI is InChI=1S/C44H41N9O9S/c45-29-8-11-33(38(21-29)62-30-20-28-15-16-46-40(28)48-24-30)41(55)51-63(60,61)31-9-12-35(36(22-31)50-59)47-23-27-6-4-18-52(25-27)17-3-1-2-5-26-7-10-32-34(19-26)44(58)53(43(32)57)37-13-14-39(54)49-42(37)56/h7-12,15-16,19-22,24,27,37,47H,1,3-4,6,13-14,17-18,23,25,45H2,(H,46,48)(H,51,55)(H,49,54,56). The number of fused-ring (bicyclic) bond motifs is 2. The number of benzene rings is 3. The Morgan fingerprint density at radius 3 is 2.67 bits per heavy atom. The van der Waals surface area contributed by atoms with Crippen LogP contribution < -0.4 is 25.8 Å². The molecule has 5 heterocycles. The summed E-state index contributed by atoms with van der Waals surface area (Å²) in [7, 11) is -4.46. The zero-order valence-corrected chi connectivity index (χ0v) is 34.5. The molecule has 2 unspecified atom stereocenters. The van der Waals surface area contributed by atoms with Gasteiger partial charge in [0.2, 0.25) is 11.8 Å². The number of amides is 5. The summed E-state index contributed by atoms with van der Waals surface area (Å²) in [4.78, 5) is 85.5. The van der Waals surface area contributed by atoms with Gasteiger partial charge in [-0.2, -0.15) is 0 Å². The minimum absolute atomic E-state index is 0.0129. The van der Waals surface area contributed by atoms with Crippen LogP contribution in [0.15, 0.2) is 89.2 Å². The third-order valence-electron chi connectivity index (χ3n) is 11.1.